The van der Waals surface area contributed by atoms with Gasteiger partial charge in [-0.1, -0.05) is 42.5 Å². The molecule has 3 aromatic carbocycles. The molecule has 7 heteroatoms. The maximum Gasteiger partial charge on any atom is 0.286 e. The van der Waals surface area contributed by atoms with Gasteiger partial charge in [-0.3, -0.25) is 14.9 Å². The summed E-state index contributed by atoms with van der Waals surface area (Å²) >= 11 is 0. The monoisotopic (exact) mass is 392 g/mol. The van der Waals surface area contributed by atoms with Crippen molar-refractivity contribution in [1.29, 1.82) is 0 Å². The number of aryl methyl sites for hydroxylation is 1. The Hall–Kier alpha value is -3.87. The lowest BCUT2D eigenvalue weighted by Gasteiger charge is -2.13. The molecule has 0 heterocycles. The van der Waals surface area contributed by atoms with Crippen LogP contribution in [0, 0.1) is 17.0 Å². The van der Waals surface area contributed by atoms with Crippen LogP contribution in [0.25, 0.3) is 0 Å². The van der Waals surface area contributed by atoms with E-state index in [4.69, 9.17) is 9.47 Å². The Balaban J connectivity index is 1.90. The average molecular weight is 392 g/mol. The Morgan fingerprint density at radius 3 is 2.45 bits per heavy atom. The number of nitro benzene ring substituents is 1. The van der Waals surface area contributed by atoms with Gasteiger partial charge in [-0.2, -0.15) is 0 Å². The molecule has 1 N–H and O–H groups in total. The van der Waals surface area contributed by atoms with Gasteiger partial charge in [0.15, 0.2) is 11.5 Å². The van der Waals surface area contributed by atoms with Crippen molar-refractivity contribution in [1.82, 2.24) is 0 Å². The Kier molecular flexibility index (Phi) is 6.09. The van der Waals surface area contributed by atoms with Crippen LogP contribution in [0.3, 0.4) is 0 Å². The van der Waals surface area contributed by atoms with E-state index in [-0.39, 0.29) is 29.4 Å². The number of methoxy groups -OCH3 is 1. The van der Waals surface area contributed by atoms with E-state index in [0.717, 1.165) is 11.1 Å². The molecule has 0 aliphatic carbocycles. The van der Waals surface area contributed by atoms with Gasteiger partial charge in [0, 0.05) is 11.8 Å². The number of ether oxygens (including phenoxy) is 2. The molecule has 0 radical (unpaired) electrons. The Bertz CT molecular complexity index is 1030. The van der Waals surface area contributed by atoms with E-state index in [9.17, 15) is 14.9 Å². The Morgan fingerprint density at radius 2 is 1.79 bits per heavy atom. The van der Waals surface area contributed by atoms with Crippen LogP contribution in [0.1, 0.15) is 21.5 Å². The van der Waals surface area contributed by atoms with Crippen LogP contribution in [0.2, 0.25) is 0 Å². The van der Waals surface area contributed by atoms with Gasteiger partial charge in [-0.15, -0.1) is 0 Å². The van der Waals surface area contributed by atoms with Gasteiger partial charge in [-0.05, 0) is 30.2 Å². The molecule has 148 valence electrons. The molecule has 0 aromatic heterocycles. The second kappa shape index (κ2) is 8.88. The molecule has 0 saturated heterocycles. The summed E-state index contributed by atoms with van der Waals surface area (Å²) in [5, 5.41) is 14.3. The highest BCUT2D eigenvalue weighted by atomic mass is 16.6. The molecule has 0 spiro atoms. The molecule has 29 heavy (non-hydrogen) atoms. The maximum atomic E-state index is 12.7. The Morgan fingerprint density at radius 1 is 1.03 bits per heavy atom. The molecule has 0 aliphatic heterocycles. The van der Waals surface area contributed by atoms with E-state index in [1.807, 2.05) is 43.3 Å². The van der Waals surface area contributed by atoms with Gasteiger partial charge in [0.05, 0.1) is 18.1 Å². The summed E-state index contributed by atoms with van der Waals surface area (Å²) in [4.78, 5) is 23.7. The number of carbonyl (C=O) groups excluding carboxylic acids is 1. The summed E-state index contributed by atoms with van der Waals surface area (Å²) in [6.07, 6.45) is 0. The first-order chi connectivity index (χ1) is 14.0. The summed E-state index contributed by atoms with van der Waals surface area (Å²) in [5.41, 5.74) is 1.94. The zero-order valence-electron chi connectivity index (χ0n) is 16.0. The first-order valence-corrected chi connectivity index (χ1v) is 8.89. The number of benzene rings is 3. The number of nitro groups is 1. The molecule has 0 bridgehead atoms. The second-order valence-corrected chi connectivity index (χ2v) is 6.38. The SMILES string of the molecule is COc1cc(C(=O)Nc2cccc(C)c2)c([N+](=O)[O-])cc1OCc1ccccc1. The fraction of sp³-hybridized carbons (Fsp3) is 0.136. The van der Waals surface area contributed by atoms with Crippen LogP contribution in [0.15, 0.2) is 66.7 Å². The molecule has 0 unspecified atom stereocenters. The highest BCUT2D eigenvalue weighted by Gasteiger charge is 2.25. The van der Waals surface area contributed by atoms with Crippen LogP contribution in [0.5, 0.6) is 11.5 Å². The summed E-state index contributed by atoms with van der Waals surface area (Å²) in [5.74, 6) is -0.175. The molecular weight excluding hydrogens is 372 g/mol. The molecule has 0 fully saturated rings. The number of hydrogen-bond acceptors (Lipinski definition) is 5. The third kappa shape index (κ3) is 4.90. The summed E-state index contributed by atoms with van der Waals surface area (Å²) < 4.78 is 11.0. The lowest BCUT2D eigenvalue weighted by molar-refractivity contribution is -0.385. The van der Waals surface area contributed by atoms with Crippen molar-refractivity contribution in [3.05, 3.63) is 93.5 Å². The Labute approximate surface area is 168 Å². The lowest BCUT2D eigenvalue weighted by Crippen LogP contribution is -2.14. The lowest BCUT2D eigenvalue weighted by atomic mass is 10.1. The normalized spacial score (nSPS) is 10.3. The third-order valence-electron chi connectivity index (χ3n) is 4.24. The van der Waals surface area contributed by atoms with Gasteiger partial charge in [0.25, 0.3) is 11.6 Å². The van der Waals surface area contributed by atoms with Crippen LogP contribution in [-0.2, 0) is 6.61 Å². The number of rotatable bonds is 7. The van der Waals surface area contributed by atoms with E-state index in [0.29, 0.717) is 5.69 Å². The topological polar surface area (TPSA) is 90.7 Å². The minimum Gasteiger partial charge on any atom is -0.493 e. The predicted molar refractivity (Wildman–Crippen MR) is 110 cm³/mol. The number of nitrogens with zero attached hydrogens (tertiary/aromatic N) is 1. The molecule has 3 aromatic rings. The average Bonchev–Trinajstić information content (AvgIpc) is 2.72. The minimum absolute atomic E-state index is 0.111. The fourth-order valence-corrected chi connectivity index (χ4v) is 2.81. The highest BCUT2D eigenvalue weighted by molar-refractivity contribution is 6.07. The van der Waals surface area contributed by atoms with Crippen molar-refractivity contribution >= 4 is 17.3 Å². The molecule has 0 aliphatic rings. The van der Waals surface area contributed by atoms with Crippen molar-refractivity contribution in [2.75, 3.05) is 12.4 Å². The number of nitrogens with one attached hydrogen (secondary N) is 1. The predicted octanol–water partition coefficient (Wildman–Crippen LogP) is 4.74. The smallest absolute Gasteiger partial charge is 0.286 e. The fourth-order valence-electron chi connectivity index (χ4n) is 2.81. The zero-order valence-corrected chi connectivity index (χ0v) is 16.0. The maximum absolute atomic E-state index is 12.7. The second-order valence-electron chi connectivity index (χ2n) is 6.38. The quantitative estimate of drug-likeness (QED) is 0.463. The van der Waals surface area contributed by atoms with E-state index in [1.54, 1.807) is 18.2 Å². The van der Waals surface area contributed by atoms with Crippen molar-refractivity contribution in [2.24, 2.45) is 0 Å². The van der Waals surface area contributed by atoms with Crippen molar-refractivity contribution < 1.29 is 19.2 Å². The van der Waals surface area contributed by atoms with Crippen molar-refractivity contribution in [2.45, 2.75) is 13.5 Å². The number of carbonyl (C=O) groups is 1. The van der Waals surface area contributed by atoms with Crippen LogP contribution < -0.4 is 14.8 Å². The van der Waals surface area contributed by atoms with E-state index >= 15 is 0 Å². The van der Waals surface area contributed by atoms with Gasteiger partial charge >= 0.3 is 0 Å². The molecular formula is C22H20N2O5. The number of anilines is 1. The largest absolute Gasteiger partial charge is 0.493 e. The zero-order chi connectivity index (χ0) is 20.8. The summed E-state index contributed by atoms with van der Waals surface area (Å²) in [6.45, 7) is 2.10. The number of amides is 1. The summed E-state index contributed by atoms with van der Waals surface area (Å²) in [6, 6.07) is 19.1. The molecule has 3 rings (SSSR count). The highest BCUT2D eigenvalue weighted by Crippen LogP contribution is 2.35. The van der Waals surface area contributed by atoms with Crippen molar-refractivity contribution in [3.8, 4) is 11.5 Å². The van der Waals surface area contributed by atoms with Crippen molar-refractivity contribution in [3.63, 3.8) is 0 Å². The first-order valence-electron chi connectivity index (χ1n) is 8.89. The summed E-state index contributed by atoms with van der Waals surface area (Å²) in [7, 11) is 1.42. The molecule has 0 atom stereocenters. The number of hydrogen-bond donors (Lipinski definition) is 1. The van der Waals surface area contributed by atoms with E-state index in [1.165, 1.54) is 19.2 Å². The first kappa shape index (κ1) is 19.9. The van der Waals surface area contributed by atoms with Gasteiger partial charge in [0.2, 0.25) is 0 Å². The molecule has 7 nitrogen and oxygen atoms in total. The third-order valence-corrected chi connectivity index (χ3v) is 4.24. The van der Waals surface area contributed by atoms with Crippen LogP contribution >= 0.6 is 0 Å². The van der Waals surface area contributed by atoms with Gasteiger partial charge in [0.1, 0.15) is 12.2 Å². The standard InChI is InChI=1S/C22H20N2O5/c1-15-7-6-10-17(11-15)23-22(25)18-12-20(28-2)21(13-19(18)24(26)27)29-14-16-8-4-3-5-9-16/h3-13H,14H2,1-2H3,(H,23,25). The van der Waals surface area contributed by atoms with Crippen LogP contribution in [0.4, 0.5) is 11.4 Å². The van der Waals surface area contributed by atoms with E-state index < -0.39 is 10.8 Å². The van der Waals surface area contributed by atoms with Crippen LogP contribution in [-0.4, -0.2) is 17.9 Å². The molecule has 1 amide bonds. The van der Waals surface area contributed by atoms with E-state index in [2.05, 4.69) is 5.32 Å². The van der Waals surface area contributed by atoms with Gasteiger partial charge < -0.3 is 14.8 Å². The molecule has 0 saturated carbocycles. The van der Waals surface area contributed by atoms with Gasteiger partial charge in [-0.25, -0.2) is 0 Å². The minimum atomic E-state index is -0.611.